The predicted octanol–water partition coefficient (Wildman–Crippen LogP) is 4.44. The van der Waals surface area contributed by atoms with Crippen LogP contribution >= 0.6 is 0 Å². The summed E-state index contributed by atoms with van der Waals surface area (Å²) in [5, 5.41) is 37.6. The second-order valence-corrected chi connectivity index (χ2v) is 12.1. The lowest BCUT2D eigenvalue weighted by Gasteiger charge is -2.59. The molecule has 0 unspecified atom stereocenters. The molecule has 1 saturated carbocycles. The van der Waals surface area contributed by atoms with Gasteiger partial charge in [0.15, 0.2) is 17.6 Å². The molecule has 2 bridgehead atoms. The number of aliphatic hydroxyl groups is 2. The third-order valence-electron chi connectivity index (χ3n) is 9.18. The first-order chi connectivity index (χ1) is 18.5. The minimum Gasteiger partial charge on any atom is -0.508 e. The standard InChI is InChI=1S/C31H38N2O6/c1-17(2)38-22-7-5-6-21(15-22)32-29(36)18(3)26(35)28-31-12-13-33(16-19-8-9-19)24(30(31,4)37)14-20-10-11-23(34)27(39-28)25(20)31/h5-7,10-11,15,17,19,24,28,34-35,37H,8-9,12-14,16H2,1-4H3,(H,32,36)/b26-18-/t24-,28+,30-,31+/m1/s1. The van der Waals surface area contributed by atoms with Crippen molar-refractivity contribution in [3.8, 4) is 17.2 Å². The molecule has 2 aliphatic heterocycles. The quantitative estimate of drug-likeness (QED) is 0.307. The summed E-state index contributed by atoms with van der Waals surface area (Å²) >= 11 is 0. The number of aliphatic hydroxyl groups excluding tert-OH is 1. The smallest absolute Gasteiger partial charge is 0.254 e. The van der Waals surface area contributed by atoms with Gasteiger partial charge >= 0.3 is 0 Å². The van der Waals surface area contributed by atoms with Gasteiger partial charge in [-0.15, -0.1) is 0 Å². The summed E-state index contributed by atoms with van der Waals surface area (Å²) in [7, 11) is 0. The Bertz CT molecular complexity index is 1350. The van der Waals surface area contributed by atoms with Gasteiger partial charge in [0, 0.05) is 29.9 Å². The number of carbonyl (C=O) groups is 1. The number of hydrogen-bond donors (Lipinski definition) is 4. The number of phenols is 1. The maximum Gasteiger partial charge on any atom is 0.254 e. The van der Waals surface area contributed by atoms with Gasteiger partial charge in [-0.25, -0.2) is 0 Å². The predicted molar refractivity (Wildman–Crippen MR) is 147 cm³/mol. The number of amides is 1. The van der Waals surface area contributed by atoms with Gasteiger partial charge in [-0.1, -0.05) is 12.1 Å². The zero-order chi connectivity index (χ0) is 27.7. The van der Waals surface area contributed by atoms with Crippen molar-refractivity contribution in [3.05, 3.63) is 58.9 Å². The molecule has 8 heteroatoms. The number of nitrogens with one attached hydrogen (secondary N) is 1. The lowest BCUT2D eigenvalue weighted by molar-refractivity contribution is -0.153. The normalized spacial score (nSPS) is 29.9. The van der Waals surface area contributed by atoms with Crippen molar-refractivity contribution in [2.75, 3.05) is 18.4 Å². The Hall–Kier alpha value is -3.23. The van der Waals surface area contributed by atoms with Crippen LogP contribution in [-0.4, -0.2) is 63.1 Å². The number of fused-ring (bicyclic) bond motifs is 1. The van der Waals surface area contributed by atoms with Crippen molar-refractivity contribution in [1.29, 1.82) is 0 Å². The molecule has 2 heterocycles. The number of benzene rings is 2. The first-order valence-corrected chi connectivity index (χ1v) is 14.0. The monoisotopic (exact) mass is 534 g/mol. The van der Waals surface area contributed by atoms with E-state index in [1.807, 2.05) is 32.9 Å². The lowest BCUT2D eigenvalue weighted by atomic mass is 9.53. The van der Waals surface area contributed by atoms with Crippen LogP contribution in [0.15, 0.2) is 47.7 Å². The van der Waals surface area contributed by atoms with Gasteiger partial charge in [-0.2, -0.15) is 0 Å². The van der Waals surface area contributed by atoms with Crippen molar-refractivity contribution in [1.82, 2.24) is 4.90 Å². The molecule has 0 aromatic heterocycles. The highest BCUT2D eigenvalue weighted by atomic mass is 16.5. The summed E-state index contributed by atoms with van der Waals surface area (Å²) in [4.78, 5) is 15.7. The number of nitrogens with zero attached hydrogens (tertiary/aromatic N) is 1. The molecule has 208 valence electrons. The Morgan fingerprint density at radius 3 is 2.74 bits per heavy atom. The fraction of sp³-hybridized carbons (Fsp3) is 0.516. The second-order valence-electron chi connectivity index (χ2n) is 12.1. The maximum absolute atomic E-state index is 13.3. The highest BCUT2D eigenvalue weighted by molar-refractivity contribution is 6.03. The van der Waals surface area contributed by atoms with Crippen LogP contribution in [0.4, 0.5) is 5.69 Å². The molecule has 39 heavy (non-hydrogen) atoms. The second kappa shape index (κ2) is 9.17. The SMILES string of the molecule is C/C(C(=O)Nc1cccc(OC(C)C)c1)=C(/O)[C@@H]1Oc2c(O)ccc3c2[C@@]12CCN(CC1CC1)[C@H](C3)[C@@]2(C)O. The minimum absolute atomic E-state index is 0.00820. The number of piperidine rings is 1. The van der Waals surface area contributed by atoms with E-state index in [0.717, 1.165) is 24.2 Å². The molecule has 1 amide bonds. The summed E-state index contributed by atoms with van der Waals surface area (Å²) in [6.07, 6.45) is 2.60. The number of likely N-dealkylation sites (tertiary alicyclic amines) is 1. The van der Waals surface area contributed by atoms with Gasteiger partial charge < -0.3 is 30.1 Å². The molecular weight excluding hydrogens is 496 g/mol. The van der Waals surface area contributed by atoms with E-state index in [-0.39, 0.29) is 29.2 Å². The van der Waals surface area contributed by atoms with Gasteiger partial charge in [-0.3, -0.25) is 9.69 Å². The molecule has 1 spiro atoms. The van der Waals surface area contributed by atoms with E-state index < -0.39 is 23.0 Å². The van der Waals surface area contributed by atoms with Gasteiger partial charge in [0.1, 0.15) is 11.5 Å². The highest BCUT2D eigenvalue weighted by Gasteiger charge is 2.69. The van der Waals surface area contributed by atoms with Crippen LogP contribution in [0, 0.1) is 5.92 Å². The van der Waals surface area contributed by atoms with E-state index in [1.54, 1.807) is 31.2 Å². The topological polar surface area (TPSA) is 111 Å². The molecule has 2 fully saturated rings. The van der Waals surface area contributed by atoms with Crippen molar-refractivity contribution >= 4 is 11.6 Å². The Kier molecular flexibility index (Phi) is 6.11. The van der Waals surface area contributed by atoms with Crippen LogP contribution in [0.5, 0.6) is 17.2 Å². The van der Waals surface area contributed by atoms with Gasteiger partial charge in [0.05, 0.1) is 22.7 Å². The van der Waals surface area contributed by atoms with Crippen LogP contribution in [0.2, 0.25) is 0 Å². The molecule has 4 N–H and O–H groups in total. The Balaban J connectivity index is 1.36. The fourth-order valence-corrected chi connectivity index (χ4v) is 7.03. The van der Waals surface area contributed by atoms with E-state index in [1.165, 1.54) is 12.8 Å². The van der Waals surface area contributed by atoms with E-state index in [4.69, 9.17) is 9.47 Å². The minimum atomic E-state index is -1.26. The third-order valence-corrected chi connectivity index (χ3v) is 9.18. The number of ether oxygens (including phenoxy) is 2. The summed E-state index contributed by atoms with van der Waals surface area (Å²) in [6, 6.07) is 10.5. The van der Waals surface area contributed by atoms with E-state index in [9.17, 15) is 20.1 Å². The van der Waals surface area contributed by atoms with Crippen LogP contribution in [0.3, 0.4) is 0 Å². The molecule has 4 atom stereocenters. The third kappa shape index (κ3) is 4.07. The van der Waals surface area contributed by atoms with Crippen molar-refractivity contribution in [3.63, 3.8) is 0 Å². The Morgan fingerprint density at radius 1 is 1.26 bits per heavy atom. The number of hydrogen-bond acceptors (Lipinski definition) is 7. The van der Waals surface area contributed by atoms with E-state index in [2.05, 4.69) is 10.2 Å². The Morgan fingerprint density at radius 2 is 2.03 bits per heavy atom. The van der Waals surface area contributed by atoms with Crippen LogP contribution in [0.25, 0.3) is 0 Å². The first kappa shape index (κ1) is 26.0. The van der Waals surface area contributed by atoms with Crippen molar-refractivity contribution < 1.29 is 29.6 Å². The molecular formula is C31H38N2O6. The molecule has 1 saturated heterocycles. The summed E-state index contributed by atoms with van der Waals surface area (Å²) in [6.45, 7) is 8.94. The average Bonchev–Trinajstić information content (AvgIpc) is 3.62. The summed E-state index contributed by atoms with van der Waals surface area (Å²) < 4.78 is 12.0. The molecule has 2 aliphatic carbocycles. The summed E-state index contributed by atoms with van der Waals surface area (Å²) in [5.41, 5.74) is 0.145. The van der Waals surface area contributed by atoms with Crippen molar-refractivity contribution in [2.45, 2.75) is 82.6 Å². The zero-order valence-electron chi connectivity index (χ0n) is 23.0. The molecule has 2 aromatic carbocycles. The number of anilines is 1. The van der Waals surface area contributed by atoms with Gasteiger partial charge in [-0.05, 0) is 89.6 Å². The fourth-order valence-electron chi connectivity index (χ4n) is 7.03. The van der Waals surface area contributed by atoms with Gasteiger partial charge in [0.2, 0.25) is 0 Å². The maximum atomic E-state index is 13.3. The molecule has 0 radical (unpaired) electrons. The lowest BCUT2D eigenvalue weighted by Crippen LogP contribution is -2.73. The molecule has 4 aliphatic rings. The number of phenolic OH excluding ortho intramolecular Hbond substituents is 1. The number of carbonyl (C=O) groups excluding carboxylic acids is 1. The van der Waals surface area contributed by atoms with E-state index >= 15 is 0 Å². The number of aromatic hydroxyl groups is 1. The van der Waals surface area contributed by atoms with Crippen molar-refractivity contribution in [2.24, 2.45) is 5.92 Å². The summed E-state index contributed by atoms with van der Waals surface area (Å²) in [5.74, 6) is 0.860. The number of rotatable bonds is 7. The average molecular weight is 535 g/mol. The van der Waals surface area contributed by atoms with Gasteiger partial charge in [0.25, 0.3) is 5.91 Å². The molecule has 6 rings (SSSR count). The van der Waals surface area contributed by atoms with E-state index in [0.29, 0.717) is 35.9 Å². The zero-order valence-corrected chi connectivity index (χ0v) is 23.0. The largest absolute Gasteiger partial charge is 0.508 e. The Labute approximate surface area is 229 Å². The molecule has 8 nitrogen and oxygen atoms in total. The highest BCUT2D eigenvalue weighted by Crippen LogP contribution is 2.63. The molecule has 2 aromatic rings. The first-order valence-electron chi connectivity index (χ1n) is 14.0. The van der Waals surface area contributed by atoms with Crippen LogP contribution in [0.1, 0.15) is 58.1 Å². The van der Waals surface area contributed by atoms with Crippen LogP contribution < -0.4 is 14.8 Å². The van der Waals surface area contributed by atoms with Crippen LogP contribution in [-0.2, 0) is 16.6 Å².